The van der Waals surface area contributed by atoms with E-state index in [1.165, 1.54) is 34.6 Å². The molecule has 1 aliphatic heterocycles. The molecule has 2 heterocycles. The lowest BCUT2D eigenvalue weighted by molar-refractivity contribution is 0.412. The van der Waals surface area contributed by atoms with Crippen LogP contribution in [0.2, 0.25) is 0 Å². The summed E-state index contributed by atoms with van der Waals surface area (Å²) in [6.45, 7) is 0. The minimum Gasteiger partial charge on any atom is -0.473 e. The van der Waals surface area contributed by atoms with E-state index < -0.39 is 0 Å². The van der Waals surface area contributed by atoms with Crippen molar-refractivity contribution in [1.29, 1.82) is 0 Å². The first-order chi connectivity index (χ1) is 8.36. The Morgan fingerprint density at radius 2 is 2.29 bits per heavy atom. The van der Waals surface area contributed by atoms with E-state index in [9.17, 15) is 0 Å². The van der Waals surface area contributed by atoms with Gasteiger partial charge >= 0.3 is 0 Å². The highest BCUT2D eigenvalue weighted by Crippen LogP contribution is 2.34. The van der Waals surface area contributed by atoms with Crippen molar-refractivity contribution >= 4 is 23.1 Å². The van der Waals surface area contributed by atoms with Crippen molar-refractivity contribution in [3.8, 4) is 16.5 Å². The highest BCUT2D eigenvalue weighted by atomic mass is 32.2. The van der Waals surface area contributed by atoms with Gasteiger partial charge in [-0.1, -0.05) is 17.4 Å². The number of hydrogen-bond donors (Lipinski definition) is 0. The average Bonchev–Trinajstić information content (AvgIpc) is 2.87. The van der Waals surface area contributed by atoms with E-state index in [1.54, 1.807) is 18.4 Å². The van der Waals surface area contributed by atoms with E-state index in [1.807, 2.05) is 11.8 Å². The third kappa shape index (κ3) is 2.19. The summed E-state index contributed by atoms with van der Waals surface area (Å²) in [6, 6.07) is 6.65. The first-order valence-electron chi connectivity index (χ1n) is 5.62. The SMILES string of the molecule is COc1nc(-c2ccc3c(c2)CCCS3)cs1. The first-order valence-corrected chi connectivity index (χ1v) is 7.49. The average molecular weight is 263 g/mol. The molecule has 17 heavy (non-hydrogen) atoms. The van der Waals surface area contributed by atoms with Gasteiger partial charge in [0.2, 0.25) is 0 Å². The highest BCUT2D eigenvalue weighted by Gasteiger charge is 2.12. The van der Waals surface area contributed by atoms with Crippen molar-refractivity contribution in [2.75, 3.05) is 12.9 Å². The van der Waals surface area contributed by atoms with Gasteiger partial charge in [0.1, 0.15) is 0 Å². The van der Waals surface area contributed by atoms with Gasteiger partial charge in [0.15, 0.2) is 0 Å². The van der Waals surface area contributed by atoms with Crippen molar-refractivity contribution in [3.63, 3.8) is 0 Å². The number of benzene rings is 1. The van der Waals surface area contributed by atoms with Gasteiger partial charge in [-0.15, -0.1) is 11.8 Å². The van der Waals surface area contributed by atoms with E-state index in [2.05, 4.69) is 28.6 Å². The summed E-state index contributed by atoms with van der Waals surface area (Å²) >= 11 is 3.50. The Morgan fingerprint density at radius 3 is 3.12 bits per heavy atom. The van der Waals surface area contributed by atoms with Gasteiger partial charge in [-0.05, 0) is 36.3 Å². The smallest absolute Gasteiger partial charge is 0.273 e. The number of thiazole rings is 1. The zero-order chi connectivity index (χ0) is 11.7. The Morgan fingerprint density at radius 1 is 1.35 bits per heavy atom. The quantitative estimate of drug-likeness (QED) is 0.821. The predicted octanol–water partition coefficient (Wildman–Crippen LogP) is 3.86. The van der Waals surface area contributed by atoms with E-state index in [0.29, 0.717) is 0 Å². The van der Waals surface area contributed by atoms with E-state index >= 15 is 0 Å². The van der Waals surface area contributed by atoms with Crippen LogP contribution < -0.4 is 4.74 Å². The zero-order valence-electron chi connectivity index (χ0n) is 9.60. The number of hydrogen-bond acceptors (Lipinski definition) is 4. The molecule has 0 saturated heterocycles. The van der Waals surface area contributed by atoms with E-state index in [0.717, 1.165) is 10.9 Å². The molecule has 0 radical (unpaired) electrons. The summed E-state index contributed by atoms with van der Waals surface area (Å²) in [6.07, 6.45) is 2.47. The molecule has 0 saturated carbocycles. The van der Waals surface area contributed by atoms with Gasteiger partial charge in [-0.25, -0.2) is 4.98 Å². The van der Waals surface area contributed by atoms with Crippen molar-refractivity contribution in [1.82, 2.24) is 4.98 Å². The number of ether oxygens (including phenoxy) is 1. The Hall–Kier alpha value is -1.000. The van der Waals surface area contributed by atoms with Crippen LogP contribution in [0, 0.1) is 0 Å². The lowest BCUT2D eigenvalue weighted by Crippen LogP contribution is -1.98. The molecule has 0 aliphatic carbocycles. The molecule has 0 bridgehead atoms. The molecule has 0 N–H and O–H groups in total. The number of fused-ring (bicyclic) bond motifs is 1. The van der Waals surface area contributed by atoms with Crippen LogP contribution >= 0.6 is 23.1 Å². The number of nitrogens with zero attached hydrogens (tertiary/aromatic N) is 1. The summed E-state index contributed by atoms with van der Waals surface area (Å²) in [7, 11) is 1.66. The normalized spacial score (nSPS) is 14.4. The molecule has 0 atom stereocenters. The maximum atomic E-state index is 5.13. The second-order valence-corrected chi connectivity index (χ2v) is 5.93. The summed E-state index contributed by atoms with van der Waals surface area (Å²) in [4.78, 5) is 5.87. The van der Waals surface area contributed by atoms with Gasteiger partial charge in [-0.3, -0.25) is 0 Å². The fraction of sp³-hybridized carbons (Fsp3) is 0.308. The zero-order valence-corrected chi connectivity index (χ0v) is 11.2. The number of aryl methyl sites for hydroxylation is 1. The minimum absolute atomic E-state index is 0.729. The van der Waals surface area contributed by atoms with Crippen LogP contribution in [0.4, 0.5) is 0 Å². The molecule has 0 fully saturated rings. The van der Waals surface area contributed by atoms with Crippen molar-refractivity contribution in [3.05, 3.63) is 29.1 Å². The molecule has 4 heteroatoms. The van der Waals surface area contributed by atoms with Crippen molar-refractivity contribution in [2.45, 2.75) is 17.7 Å². The third-order valence-electron chi connectivity index (χ3n) is 2.86. The van der Waals surface area contributed by atoms with E-state index in [-0.39, 0.29) is 0 Å². The molecule has 3 rings (SSSR count). The molecule has 0 spiro atoms. The molecule has 0 amide bonds. The van der Waals surface area contributed by atoms with Gasteiger partial charge in [0.25, 0.3) is 5.19 Å². The molecule has 1 aromatic carbocycles. The monoisotopic (exact) mass is 263 g/mol. The molecule has 1 aliphatic rings. The van der Waals surface area contributed by atoms with Crippen LogP contribution in [0.15, 0.2) is 28.5 Å². The topological polar surface area (TPSA) is 22.1 Å². The first kappa shape index (κ1) is 11.1. The molecule has 0 unspecified atom stereocenters. The largest absolute Gasteiger partial charge is 0.473 e. The van der Waals surface area contributed by atoms with Crippen LogP contribution in [0.25, 0.3) is 11.3 Å². The third-order valence-corrected chi connectivity index (χ3v) is 4.86. The lowest BCUT2D eigenvalue weighted by atomic mass is 10.0. The van der Waals surface area contributed by atoms with Crippen molar-refractivity contribution < 1.29 is 4.74 Å². The standard InChI is InChI=1S/C13H13NOS2/c1-15-13-14-11(8-17-13)9-4-5-12-10(7-9)3-2-6-16-12/h4-5,7-8H,2-3,6H2,1H3. The van der Waals surface area contributed by atoms with Crippen LogP contribution in [-0.4, -0.2) is 17.8 Å². The molecule has 2 nitrogen and oxygen atoms in total. The lowest BCUT2D eigenvalue weighted by Gasteiger charge is -2.15. The molecular formula is C13H13NOS2. The van der Waals surface area contributed by atoms with Crippen LogP contribution in [0.3, 0.4) is 0 Å². The van der Waals surface area contributed by atoms with Crippen LogP contribution in [-0.2, 0) is 6.42 Å². The fourth-order valence-electron chi connectivity index (χ4n) is 2.00. The van der Waals surface area contributed by atoms with Crippen molar-refractivity contribution in [2.24, 2.45) is 0 Å². The molecular weight excluding hydrogens is 250 g/mol. The predicted molar refractivity (Wildman–Crippen MR) is 73.1 cm³/mol. The Bertz CT molecular complexity index is 536. The maximum Gasteiger partial charge on any atom is 0.273 e. The summed E-state index contributed by atoms with van der Waals surface area (Å²) < 4.78 is 5.13. The van der Waals surface area contributed by atoms with Gasteiger partial charge < -0.3 is 4.74 Å². The molecule has 2 aromatic rings. The van der Waals surface area contributed by atoms with Gasteiger partial charge in [-0.2, -0.15) is 0 Å². The molecule has 1 aromatic heterocycles. The summed E-state index contributed by atoms with van der Waals surface area (Å²) in [5.74, 6) is 1.25. The van der Waals surface area contributed by atoms with Crippen LogP contribution in [0.5, 0.6) is 5.19 Å². The minimum atomic E-state index is 0.729. The Kier molecular flexibility index (Phi) is 3.07. The van der Waals surface area contributed by atoms with Crippen LogP contribution in [0.1, 0.15) is 12.0 Å². The Labute approximate surface area is 109 Å². The number of methoxy groups -OCH3 is 1. The molecule has 88 valence electrons. The highest BCUT2D eigenvalue weighted by molar-refractivity contribution is 7.99. The summed E-state index contributed by atoms with van der Waals surface area (Å²) in [5, 5.41) is 2.78. The maximum absolute atomic E-state index is 5.13. The Balaban J connectivity index is 1.97. The van der Waals surface area contributed by atoms with E-state index in [4.69, 9.17) is 4.74 Å². The fourth-order valence-corrected chi connectivity index (χ4v) is 3.67. The van der Waals surface area contributed by atoms with Gasteiger partial charge in [0, 0.05) is 15.8 Å². The van der Waals surface area contributed by atoms with Gasteiger partial charge in [0.05, 0.1) is 12.8 Å². The second kappa shape index (κ2) is 4.70. The number of thioether (sulfide) groups is 1. The number of rotatable bonds is 2. The second-order valence-electron chi connectivity index (χ2n) is 3.98. The summed E-state index contributed by atoms with van der Waals surface area (Å²) in [5.41, 5.74) is 3.68. The number of aromatic nitrogens is 1.